The van der Waals surface area contributed by atoms with Crippen molar-refractivity contribution >= 4 is 23.2 Å². The van der Waals surface area contributed by atoms with Crippen molar-refractivity contribution in [1.82, 2.24) is 24.3 Å². The number of hydrogen-bond acceptors (Lipinski definition) is 6. The number of aryl methyl sites for hydroxylation is 1. The number of nitrogens with one attached hydrogen (secondary N) is 2. The Balaban J connectivity index is 0.849. The maximum atomic E-state index is 13.7. The first kappa shape index (κ1) is 33.8. The number of benzene rings is 2. The van der Waals surface area contributed by atoms with Crippen LogP contribution in [0.15, 0.2) is 85.5 Å². The molecular formula is C42H51N7O2. The van der Waals surface area contributed by atoms with Crippen LogP contribution in [0.5, 0.6) is 0 Å². The number of nitrogens with zero attached hydrogens (tertiary/aromatic N) is 5. The Morgan fingerprint density at radius 2 is 1.61 bits per heavy atom. The van der Waals surface area contributed by atoms with Crippen LogP contribution >= 0.6 is 0 Å². The molecule has 2 amide bonds. The number of carbonyl (C=O) groups is 2. The van der Waals surface area contributed by atoms with Gasteiger partial charge in [-0.1, -0.05) is 30.3 Å². The van der Waals surface area contributed by atoms with Crippen molar-refractivity contribution in [2.45, 2.75) is 75.8 Å². The molecule has 3 unspecified atom stereocenters. The van der Waals surface area contributed by atoms with E-state index >= 15 is 0 Å². The minimum atomic E-state index is -0.170. The minimum absolute atomic E-state index is 0.00865. The number of pyridine rings is 1. The lowest BCUT2D eigenvalue weighted by atomic mass is 9.87. The van der Waals surface area contributed by atoms with Crippen molar-refractivity contribution in [3.8, 4) is 0 Å². The van der Waals surface area contributed by atoms with E-state index in [2.05, 4.69) is 89.6 Å². The molecule has 0 spiro atoms. The number of hydrogen-bond donors (Lipinski definition) is 2. The lowest BCUT2D eigenvalue weighted by Gasteiger charge is -2.39. The predicted molar refractivity (Wildman–Crippen MR) is 200 cm³/mol. The van der Waals surface area contributed by atoms with E-state index in [1.54, 1.807) is 0 Å². The molecule has 9 nitrogen and oxygen atoms in total. The van der Waals surface area contributed by atoms with Gasteiger partial charge in [-0.05, 0) is 123 Å². The number of amides is 2. The molecule has 2 saturated heterocycles. The first-order chi connectivity index (χ1) is 25.0. The molecule has 2 aliphatic carbocycles. The summed E-state index contributed by atoms with van der Waals surface area (Å²) in [5.41, 5.74) is 6.71. The van der Waals surface area contributed by atoms with Gasteiger partial charge in [-0.3, -0.25) is 19.5 Å². The van der Waals surface area contributed by atoms with Crippen LogP contribution in [0.2, 0.25) is 0 Å². The molecule has 2 aromatic carbocycles. The number of imidazole rings is 1. The monoisotopic (exact) mass is 685 g/mol. The van der Waals surface area contributed by atoms with Gasteiger partial charge in [0.15, 0.2) is 0 Å². The quantitative estimate of drug-likeness (QED) is 0.174. The van der Waals surface area contributed by atoms with Crippen LogP contribution in [0.1, 0.15) is 79.3 Å². The Morgan fingerprint density at radius 1 is 0.843 bits per heavy atom. The first-order valence-electron chi connectivity index (χ1n) is 19.1. The predicted octanol–water partition coefficient (Wildman–Crippen LogP) is 6.61. The smallest absolute Gasteiger partial charge is 0.241 e. The lowest BCUT2D eigenvalue weighted by molar-refractivity contribution is -0.123. The van der Waals surface area contributed by atoms with Crippen LogP contribution in [-0.4, -0.2) is 68.4 Å². The summed E-state index contributed by atoms with van der Waals surface area (Å²) in [5, 5.41) is 6.44. The molecule has 4 aliphatic rings. The summed E-state index contributed by atoms with van der Waals surface area (Å²) in [6, 6.07) is 22.9. The summed E-state index contributed by atoms with van der Waals surface area (Å²) in [7, 11) is 2.03. The molecule has 5 atom stereocenters. The van der Waals surface area contributed by atoms with Crippen LogP contribution in [0.4, 0.5) is 11.4 Å². The van der Waals surface area contributed by atoms with E-state index in [1.807, 2.05) is 37.9 Å². The second-order valence-corrected chi connectivity index (χ2v) is 15.5. The van der Waals surface area contributed by atoms with E-state index in [-0.39, 0.29) is 23.8 Å². The van der Waals surface area contributed by atoms with E-state index < -0.39 is 0 Å². The van der Waals surface area contributed by atoms with Gasteiger partial charge in [-0.25, -0.2) is 4.98 Å². The summed E-state index contributed by atoms with van der Waals surface area (Å²) in [5.74, 6) is 2.60. The fourth-order valence-corrected chi connectivity index (χ4v) is 8.59. The average Bonchev–Trinajstić information content (AvgIpc) is 4.10. The normalized spacial score (nSPS) is 25.3. The van der Waals surface area contributed by atoms with E-state index in [1.165, 1.54) is 30.4 Å². The van der Waals surface area contributed by atoms with Crippen molar-refractivity contribution in [3.63, 3.8) is 0 Å². The molecule has 266 valence electrons. The number of carbonyl (C=O) groups excluding carboxylic acids is 2. The summed E-state index contributed by atoms with van der Waals surface area (Å²) >= 11 is 0. The molecule has 2 aliphatic heterocycles. The number of anilines is 2. The zero-order valence-corrected chi connectivity index (χ0v) is 29.8. The third-order valence-electron chi connectivity index (χ3n) is 11.9. The molecule has 8 rings (SSSR count). The Morgan fingerprint density at radius 3 is 2.31 bits per heavy atom. The number of aromatic nitrogens is 3. The minimum Gasteiger partial charge on any atom is -0.337 e. The fourth-order valence-electron chi connectivity index (χ4n) is 8.59. The maximum absolute atomic E-state index is 13.7. The van der Waals surface area contributed by atoms with Crippen molar-refractivity contribution in [2.24, 2.45) is 24.8 Å². The molecular weight excluding hydrogens is 635 g/mol. The van der Waals surface area contributed by atoms with Gasteiger partial charge in [-0.2, -0.15) is 0 Å². The third kappa shape index (κ3) is 8.26. The van der Waals surface area contributed by atoms with Crippen LogP contribution in [0.3, 0.4) is 0 Å². The van der Waals surface area contributed by atoms with Crippen molar-refractivity contribution < 1.29 is 9.59 Å². The molecule has 4 aromatic rings. The molecule has 2 aromatic heterocycles. The molecule has 0 bridgehead atoms. The van der Waals surface area contributed by atoms with Crippen LogP contribution in [-0.2, 0) is 29.6 Å². The van der Waals surface area contributed by atoms with E-state index in [9.17, 15) is 9.59 Å². The molecule has 2 N–H and O–H groups in total. The van der Waals surface area contributed by atoms with Gasteiger partial charge in [-0.15, -0.1) is 0 Å². The maximum Gasteiger partial charge on any atom is 0.241 e. The largest absolute Gasteiger partial charge is 0.337 e. The summed E-state index contributed by atoms with van der Waals surface area (Å²) < 4.78 is 2.06. The highest BCUT2D eigenvalue weighted by Gasteiger charge is 2.47. The van der Waals surface area contributed by atoms with Gasteiger partial charge in [0.2, 0.25) is 11.8 Å². The lowest BCUT2D eigenvalue weighted by Crippen LogP contribution is -2.49. The molecule has 4 fully saturated rings. The summed E-state index contributed by atoms with van der Waals surface area (Å²) in [4.78, 5) is 40.6. The van der Waals surface area contributed by atoms with Crippen molar-refractivity contribution in [3.05, 3.63) is 108 Å². The zero-order valence-electron chi connectivity index (χ0n) is 29.8. The van der Waals surface area contributed by atoms with Crippen molar-refractivity contribution in [1.29, 1.82) is 0 Å². The fraction of sp³-hybridized carbons (Fsp3) is 0.476. The molecule has 9 heteroatoms. The highest BCUT2D eigenvalue weighted by molar-refractivity contribution is 5.95. The SMILES string of the molecule is Cn1cncc1CN1CC(C2CC2c2ccc(NC(=O)[C@@H]3CCCN(CCc4ccccn4)C3)cc2)CC[C@@H]1C(=O)Nc1ccc(C2CC2)cc1. The Labute approximate surface area is 301 Å². The second kappa shape index (κ2) is 15.1. The highest BCUT2D eigenvalue weighted by Crippen LogP contribution is 2.54. The summed E-state index contributed by atoms with van der Waals surface area (Å²) in [6.07, 6.45) is 14.1. The van der Waals surface area contributed by atoms with E-state index in [4.69, 9.17) is 0 Å². The van der Waals surface area contributed by atoms with Gasteiger partial charge in [0.05, 0.1) is 24.0 Å². The van der Waals surface area contributed by atoms with Gasteiger partial charge in [0.1, 0.15) is 0 Å². The number of likely N-dealkylation sites (tertiary alicyclic amines) is 2. The molecule has 2 saturated carbocycles. The van der Waals surface area contributed by atoms with E-state index in [0.29, 0.717) is 30.2 Å². The Hall–Kier alpha value is -4.34. The van der Waals surface area contributed by atoms with E-state index in [0.717, 1.165) is 81.0 Å². The topological polar surface area (TPSA) is 95.4 Å². The van der Waals surface area contributed by atoms with Crippen LogP contribution in [0.25, 0.3) is 0 Å². The molecule has 51 heavy (non-hydrogen) atoms. The van der Waals surface area contributed by atoms with Crippen LogP contribution < -0.4 is 10.6 Å². The Bertz CT molecular complexity index is 1790. The van der Waals surface area contributed by atoms with Gasteiger partial charge >= 0.3 is 0 Å². The standard InChI is InChI=1S/C42H51N7O2/c1-47-28-43-24-37(47)27-49-26-32(13-18-40(49)42(51)46-36-14-9-30(10-15-36)29-7-8-29)39-23-38(39)31-11-16-35(17-12-31)45-41(50)33-5-4-21-48(25-33)22-19-34-6-2-3-20-44-34/h2-3,6,9-12,14-17,20,24,28-29,32-33,38-40H,4-5,7-8,13,18-19,21-23,25-27H2,1H3,(H,45,50)(H,46,51)/t32?,33-,38?,39?,40-/m1/s1. The highest BCUT2D eigenvalue weighted by atomic mass is 16.2. The van der Waals surface area contributed by atoms with Crippen molar-refractivity contribution in [2.75, 3.05) is 36.8 Å². The van der Waals surface area contributed by atoms with Crippen LogP contribution in [0, 0.1) is 17.8 Å². The summed E-state index contributed by atoms with van der Waals surface area (Å²) in [6.45, 7) is 4.39. The molecule has 4 heterocycles. The van der Waals surface area contributed by atoms with Gasteiger partial charge in [0, 0.05) is 69.1 Å². The average molecular weight is 686 g/mol. The number of piperidine rings is 2. The Kier molecular flexibility index (Phi) is 10.0. The number of rotatable bonds is 12. The van der Waals surface area contributed by atoms with Gasteiger partial charge in [0.25, 0.3) is 0 Å². The second-order valence-electron chi connectivity index (χ2n) is 15.5. The van der Waals surface area contributed by atoms with Gasteiger partial charge < -0.3 is 20.1 Å². The first-order valence-corrected chi connectivity index (χ1v) is 19.1. The third-order valence-corrected chi connectivity index (χ3v) is 11.9. The molecule has 0 radical (unpaired) electrons. The zero-order chi connectivity index (χ0) is 34.7.